The van der Waals surface area contributed by atoms with Crippen LogP contribution in [0.5, 0.6) is 0 Å². The van der Waals surface area contributed by atoms with Crippen molar-refractivity contribution < 1.29 is 0 Å². The van der Waals surface area contributed by atoms with E-state index < -0.39 is 0 Å². The fourth-order valence-electron chi connectivity index (χ4n) is 1.32. The van der Waals surface area contributed by atoms with Gasteiger partial charge in [-0.25, -0.2) is 0 Å². The molecule has 0 unspecified atom stereocenters. The summed E-state index contributed by atoms with van der Waals surface area (Å²) in [5, 5.41) is 2.35. The van der Waals surface area contributed by atoms with E-state index in [4.69, 9.17) is 0 Å². The van der Waals surface area contributed by atoms with Gasteiger partial charge in [-0.3, -0.25) is 0 Å². The molecule has 0 aromatic heterocycles. The minimum atomic E-state index is 1.10. The van der Waals surface area contributed by atoms with Crippen LogP contribution in [0.4, 0.5) is 0 Å². The smallest absolute Gasteiger partial charge is 0.0158 e. The highest BCUT2D eigenvalue weighted by atomic mass is 14.0. The zero-order valence-corrected chi connectivity index (χ0v) is 8.59. The third-order valence-corrected chi connectivity index (χ3v) is 2.45. The summed E-state index contributed by atoms with van der Waals surface area (Å²) in [6.45, 7) is 10.3. The van der Waals surface area contributed by atoms with Gasteiger partial charge in [-0.05, 0) is 36.8 Å². The van der Waals surface area contributed by atoms with E-state index >= 15 is 0 Å². The lowest BCUT2D eigenvalue weighted by Gasteiger charge is -2.00. The zero-order chi connectivity index (χ0) is 9.84. The van der Waals surface area contributed by atoms with E-state index in [0.29, 0.717) is 0 Å². The third kappa shape index (κ3) is 2.09. The molecular formula is C13H16. The van der Waals surface area contributed by atoms with Gasteiger partial charge in [0.05, 0.1) is 0 Å². The van der Waals surface area contributed by atoms with Crippen molar-refractivity contribution in [3.8, 4) is 0 Å². The molecule has 0 nitrogen and oxygen atoms in total. The predicted molar refractivity (Wildman–Crippen MR) is 59.7 cm³/mol. The first-order valence-electron chi connectivity index (χ1n) is 4.55. The van der Waals surface area contributed by atoms with Crippen LogP contribution in [0.25, 0.3) is 12.2 Å². The van der Waals surface area contributed by atoms with Gasteiger partial charge >= 0.3 is 0 Å². The molecule has 0 heteroatoms. The second-order valence-corrected chi connectivity index (χ2v) is 3.25. The van der Waals surface area contributed by atoms with Gasteiger partial charge < -0.3 is 0 Å². The number of benzene rings is 1. The maximum Gasteiger partial charge on any atom is -0.0158 e. The number of hydrogen-bond acceptors (Lipinski definition) is 0. The van der Waals surface area contributed by atoms with Gasteiger partial charge in [0.1, 0.15) is 0 Å². The van der Waals surface area contributed by atoms with Crippen molar-refractivity contribution in [2.45, 2.75) is 20.8 Å². The highest BCUT2D eigenvalue weighted by Crippen LogP contribution is 2.05. The van der Waals surface area contributed by atoms with Crippen LogP contribution in [0.2, 0.25) is 0 Å². The Morgan fingerprint density at radius 1 is 1.23 bits per heavy atom. The summed E-state index contributed by atoms with van der Waals surface area (Å²) in [5.74, 6) is 0. The topological polar surface area (TPSA) is 0 Å². The molecule has 0 bridgehead atoms. The van der Waals surface area contributed by atoms with Crippen LogP contribution in [-0.4, -0.2) is 0 Å². The molecule has 68 valence electrons. The van der Waals surface area contributed by atoms with E-state index in [9.17, 15) is 0 Å². The number of allylic oxidation sites excluding steroid dienone is 2. The SMILES string of the molecule is C=c1cccc/c1=C(C)/C(C)=C\C. The van der Waals surface area contributed by atoms with Crippen molar-refractivity contribution in [2.75, 3.05) is 0 Å². The molecule has 1 rings (SSSR count). The van der Waals surface area contributed by atoms with Crippen LogP contribution < -0.4 is 10.4 Å². The Bertz CT molecular complexity index is 422. The molecule has 0 fully saturated rings. The molecule has 0 saturated carbocycles. The first-order chi connectivity index (χ1) is 6.16. The first kappa shape index (κ1) is 9.79. The summed E-state index contributed by atoms with van der Waals surface area (Å²) in [6, 6.07) is 8.23. The zero-order valence-electron chi connectivity index (χ0n) is 8.59. The minimum absolute atomic E-state index is 1.10. The standard InChI is InChI=1S/C13H16/c1-5-10(2)12(4)13-9-7-6-8-11(13)3/h5-9H,3H2,1-2,4H3/b10-5-,13-12-. The lowest BCUT2D eigenvalue weighted by Crippen LogP contribution is -2.24. The average Bonchev–Trinajstić information content (AvgIpc) is 2.16. The quantitative estimate of drug-likeness (QED) is 0.609. The lowest BCUT2D eigenvalue weighted by molar-refractivity contribution is 1.39. The maximum absolute atomic E-state index is 4.01. The van der Waals surface area contributed by atoms with Crippen LogP contribution >= 0.6 is 0 Å². The maximum atomic E-state index is 4.01. The van der Waals surface area contributed by atoms with E-state index in [0.717, 1.165) is 5.22 Å². The molecule has 0 aliphatic carbocycles. The first-order valence-corrected chi connectivity index (χ1v) is 4.55. The van der Waals surface area contributed by atoms with Crippen LogP contribution in [0, 0.1) is 0 Å². The van der Waals surface area contributed by atoms with Crippen molar-refractivity contribution in [1.82, 2.24) is 0 Å². The monoisotopic (exact) mass is 172 g/mol. The van der Waals surface area contributed by atoms with E-state index in [2.05, 4.69) is 45.6 Å². The Labute approximate surface area is 79.9 Å². The van der Waals surface area contributed by atoms with Crippen LogP contribution in [0.3, 0.4) is 0 Å². The molecule has 0 aliphatic rings. The predicted octanol–water partition coefficient (Wildman–Crippen LogP) is 2.23. The number of rotatable bonds is 1. The van der Waals surface area contributed by atoms with Crippen molar-refractivity contribution in [3.05, 3.63) is 46.4 Å². The van der Waals surface area contributed by atoms with Crippen molar-refractivity contribution in [3.63, 3.8) is 0 Å². The molecule has 0 amide bonds. The van der Waals surface area contributed by atoms with E-state index in [1.54, 1.807) is 0 Å². The summed E-state index contributed by atoms with van der Waals surface area (Å²) in [5.41, 5.74) is 2.63. The van der Waals surface area contributed by atoms with Crippen LogP contribution in [-0.2, 0) is 0 Å². The van der Waals surface area contributed by atoms with Crippen molar-refractivity contribution in [2.24, 2.45) is 0 Å². The Kier molecular flexibility index (Phi) is 3.07. The summed E-state index contributed by atoms with van der Waals surface area (Å²) in [4.78, 5) is 0. The molecule has 13 heavy (non-hydrogen) atoms. The molecule has 0 heterocycles. The highest BCUT2D eigenvalue weighted by Gasteiger charge is 1.92. The molecular weight excluding hydrogens is 156 g/mol. The molecule has 0 saturated heterocycles. The van der Waals surface area contributed by atoms with E-state index in [-0.39, 0.29) is 0 Å². The Morgan fingerprint density at radius 2 is 1.85 bits per heavy atom. The van der Waals surface area contributed by atoms with Gasteiger partial charge in [0.2, 0.25) is 0 Å². The fraction of sp³-hybridized carbons (Fsp3) is 0.231. The van der Waals surface area contributed by atoms with Crippen molar-refractivity contribution >= 4 is 12.2 Å². The molecule has 0 spiro atoms. The van der Waals surface area contributed by atoms with Crippen LogP contribution in [0.1, 0.15) is 20.8 Å². The van der Waals surface area contributed by atoms with Gasteiger partial charge in [0.15, 0.2) is 0 Å². The second kappa shape index (κ2) is 4.08. The van der Waals surface area contributed by atoms with Gasteiger partial charge in [-0.15, -0.1) is 0 Å². The Morgan fingerprint density at radius 3 is 2.38 bits per heavy atom. The van der Waals surface area contributed by atoms with E-state index in [1.165, 1.54) is 16.4 Å². The highest BCUT2D eigenvalue weighted by molar-refractivity contribution is 5.60. The van der Waals surface area contributed by atoms with Crippen LogP contribution in [0.15, 0.2) is 35.9 Å². The number of hydrogen-bond donors (Lipinski definition) is 0. The third-order valence-electron chi connectivity index (χ3n) is 2.45. The fourth-order valence-corrected chi connectivity index (χ4v) is 1.32. The Balaban J connectivity index is 3.52. The second-order valence-electron chi connectivity index (χ2n) is 3.25. The van der Waals surface area contributed by atoms with Gasteiger partial charge in [-0.1, -0.05) is 42.5 Å². The molecule has 0 atom stereocenters. The Hall–Kier alpha value is -1.30. The lowest BCUT2D eigenvalue weighted by atomic mass is 10.1. The summed E-state index contributed by atoms with van der Waals surface area (Å²) in [6.07, 6.45) is 2.13. The van der Waals surface area contributed by atoms with Gasteiger partial charge in [0, 0.05) is 0 Å². The average molecular weight is 172 g/mol. The summed E-state index contributed by atoms with van der Waals surface area (Å²) < 4.78 is 0. The largest absolute Gasteiger partial charge is 0.0911 e. The molecule has 1 aromatic carbocycles. The molecule has 1 aromatic rings. The molecule has 0 N–H and O–H groups in total. The normalized spacial score (nSPS) is 14.2. The van der Waals surface area contributed by atoms with Gasteiger partial charge in [-0.2, -0.15) is 0 Å². The van der Waals surface area contributed by atoms with E-state index in [1.807, 2.05) is 12.1 Å². The summed E-state index contributed by atoms with van der Waals surface area (Å²) in [7, 11) is 0. The summed E-state index contributed by atoms with van der Waals surface area (Å²) >= 11 is 0. The minimum Gasteiger partial charge on any atom is -0.0911 e. The molecule has 0 aliphatic heterocycles. The van der Waals surface area contributed by atoms with Gasteiger partial charge in [0.25, 0.3) is 0 Å². The molecule has 0 radical (unpaired) electrons. The van der Waals surface area contributed by atoms with Crippen molar-refractivity contribution in [1.29, 1.82) is 0 Å².